The zero-order valence-corrected chi connectivity index (χ0v) is 26.0. The molecule has 0 saturated carbocycles. The van der Waals surface area contributed by atoms with Crippen molar-refractivity contribution in [1.29, 1.82) is 0 Å². The Morgan fingerprint density at radius 2 is 1.06 bits per heavy atom. The van der Waals surface area contributed by atoms with Gasteiger partial charge in [-0.05, 0) is 55.4 Å². The lowest BCUT2D eigenvalue weighted by Crippen LogP contribution is -2.30. The van der Waals surface area contributed by atoms with Crippen LogP contribution in [0, 0.1) is 22.7 Å². The smallest absolute Gasteiger partial charge is 0.298 e. The van der Waals surface area contributed by atoms with Crippen molar-refractivity contribution in [3.63, 3.8) is 0 Å². The maximum absolute atomic E-state index is 10.5. The van der Waals surface area contributed by atoms with Crippen LogP contribution >= 0.6 is 0 Å². The van der Waals surface area contributed by atoms with Gasteiger partial charge in [0.1, 0.15) is 17.8 Å². The lowest BCUT2D eigenvalue weighted by Gasteiger charge is -2.33. The Hall–Kier alpha value is -2.62. The third-order valence-corrected chi connectivity index (χ3v) is 3.87. The molecule has 0 aromatic heterocycles. The monoisotopic (exact) mass is 506 g/mol. The van der Waals surface area contributed by atoms with E-state index in [0.717, 1.165) is 23.9 Å². The first-order valence-electron chi connectivity index (χ1n) is 12.5. The lowest BCUT2D eigenvalue weighted by molar-refractivity contribution is -0.124. The number of hydrogen-bond acceptors (Lipinski definition) is 4. The van der Waals surface area contributed by atoms with Gasteiger partial charge in [0.25, 0.3) is 6.47 Å². The summed E-state index contributed by atoms with van der Waals surface area (Å²) in [4.78, 5) is 20.3. The molecule has 4 heteroatoms. The number of hydrogen-bond donors (Lipinski definition) is 0. The van der Waals surface area contributed by atoms with Crippen LogP contribution in [-0.4, -0.2) is 19.9 Å². The van der Waals surface area contributed by atoms with Gasteiger partial charge in [-0.2, -0.15) is 0 Å². The molecule has 0 aliphatic carbocycles. The molecule has 0 spiro atoms. The molecule has 0 N–H and O–H groups in total. The predicted molar refractivity (Wildman–Crippen MR) is 161 cm³/mol. The van der Waals surface area contributed by atoms with Crippen LogP contribution in [0.3, 0.4) is 0 Å². The fraction of sp³-hybridized carbons (Fsp3) is 0.562. The Morgan fingerprint density at radius 1 is 0.722 bits per heavy atom. The van der Waals surface area contributed by atoms with Crippen molar-refractivity contribution in [2.75, 3.05) is 7.11 Å². The SMILES string of the molecule is C=C/C=C(\C=C/C)OC.C=C/C=C(\C=C/C)OC=O.CC(C)(C)C(C)(C)C=O.CC(C)C.CC(C)C. The van der Waals surface area contributed by atoms with E-state index in [0.29, 0.717) is 12.2 Å². The van der Waals surface area contributed by atoms with Crippen molar-refractivity contribution in [3.05, 3.63) is 73.3 Å². The van der Waals surface area contributed by atoms with Crippen LogP contribution in [0.25, 0.3) is 0 Å². The van der Waals surface area contributed by atoms with Gasteiger partial charge in [-0.15, -0.1) is 0 Å². The summed E-state index contributed by atoms with van der Waals surface area (Å²) in [7, 11) is 1.63. The topological polar surface area (TPSA) is 52.6 Å². The molecule has 0 atom stereocenters. The molecule has 0 aromatic carbocycles. The highest BCUT2D eigenvalue weighted by Crippen LogP contribution is 2.35. The van der Waals surface area contributed by atoms with Crippen LogP contribution in [0.5, 0.6) is 0 Å². The van der Waals surface area contributed by atoms with Gasteiger partial charge >= 0.3 is 0 Å². The van der Waals surface area contributed by atoms with Gasteiger partial charge in [0, 0.05) is 5.41 Å². The largest absolute Gasteiger partial charge is 0.497 e. The molecule has 36 heavy (non-hydrogen) atoms. The summed E-state index contributed by atoms with van der Waals surface area (Å²) in [6.45, 7) is 34.3. The molecule has 4 nitrogen and oxygen atoms in total. The second-order valence-electron chi connectivity index (χ2n) is 10.6. The van der Waals surface area contributed by atoms with Gasteiger partial charge in [-0.25, -0.2) is 0 Å². The Bertz CT molecular complexity index is 641. The number of aldehydes is 1. The van der Waals surface area contributed by atoms with Crippen molar-refractivity contribution in [2.24, 2.45) is 22.7 Å². The van der Waals surface area contributed by atoms with Gasteiger partial charge in [-0.3, -0.25) is 4.79 Å². The van der Waals surface area contributed by atoms with Gasteiger partial charge in [0.05, 0.1) is 7.11 Å². The minimum atomic E-state index is -0.201. The standard InChI is InChI=1S/C8H10O2.C8H16O.C8H12O.2C4H10/c1-3-5-8(6-4-2)10-7-9;1-7(2,3)8(4,5)6-9;1-4-6-8(9-3)7-5-2;2*1-4(2)3/h3-7H,1H2,2H3;6H,1-5H3;4-7H,1H2,2-3H3;2*4H,1-3H3/b6-4-,8-5+;;7-5-,8-6+;;. The first-order chi connectivity index (χ1) is 16.5. The van der Waals surface area contributed by atoms with E-state index in [1.807, 2.05) is 39.8 Å². The van der Waals surface area contributed by atoms with E-state index in [4.69, 9.17) is 4.74 Å². The fourth-order valence-electron chi connectivity index (χ4n) is 1.12. The van der Waals surface area contributed by atoms with Gasteiger partial charge in [0.15, 0.2) is 0 Å². The third kappa shape index (κ3) is 41.6. The zero-order chi connectivity index (χ0) is 29.8. The minimum absolute atomic E-state index is 0.0781. The summed E-state index contributed by atoms with van der Waals surface area (Å²) in [5, 5.41) is 0. The van der Waals surface area contributed by atoms with Crippen molar-refractivity contribution >= 4 is 12.8 Å². The maximum Gasteiger partial charge on any atom is 0.298 e. The average molecular weight is 507 g/mol. The van der Waals surface area contributed by atoms with E-state index in [-0.39, 0.29) is 10.8 Å². The predicted octanol–water partition coefficient (Wildman–Crippen LogP) is 9.67. The molecular weight excluding hydrogens is 448 g/mol. The molecule has 210 valence electrons. The van der Waals surface area contributed by atoms with E-state index in [1.165, 1.54) is 0 Å². The van der Waals surface area contributed by atoms with E-state index < -0.39 is 0 Å². The summed E-state index contributed by atoms with van der Waals surface area (Å²) in [6, 6.07) is 0. The quantitative estimate of drug-likeness (QED) is 0.187. The number of carbonyl (C=O) groups is 2. The molecular formula is C32H58O4. The second-order valence-corrected chi connectivity index (χ2v) is 10.6. The summed E-state index contributed by atoms with van der Waals surface area (Å²) in [5.74, 6) is 2.99. The molecule has 0 unspecified atom stereocenters. The normalized spacial score (nSPS) is 11.6. The summed E-state index contributed by atoms with van der Waals surface area (Å²) < 4.78 is 9.48. The van der Waals surface area contributed by atoms with E-state index >= 15 is 0 Å². The van der Waals surface area contributed by atoms with Crippen molar-refractivity contribution in [2.45, 2.75) is 90.0 Å². The van der Waals surface area contributed by atoms with Gasteiger partial charge in [0.2, 0.25) is 0 Å². The van der Waals surface area contributed by atoms with E-state index in [9.17, 15) is 9.59 Å². The molecule has 0 fully saturated rings. The van der Waals surface area contributed by atoms with E-state index in [1.54, 1.807) is 43.6 Å². The highest BCUT2D eigenvalue weighted by molar-refractivity contribution is 5.59. The lowest BCUT2D eigenvalue weighted by atomic mass is 9.70. The number of allylic oxidation sites excluding steroid dienone is 8. The molecule has 0 aliphatic rings. The molecule has 0 radical (unpaired) electrons. The molecule has 0 aromatic rings. The van der Waals surface area contributed by atoms with Crippen LogP contribution in [0.1, 0.15) is 90.0 Å². The number of methoxy groups -OCH3 is 1. The zero-order valence-electron chi connectivity index (χ0n) is 26.0. The third-order valence-electron chi connectivity index (χ3n) is 3.87. The molecule has 0 rings (SSSR count). The van der Waals surface area contributed by atoms with Crippen LogP contribution in [-0.2, 0) is 19.1 Å². The van der Waals surface area contributed by atoms with Crippen LogP contribution < -0.4 is 0 Å². The minimum Gasteiger partial charge on any atom is -0.497 e. The Balaban J connectivity index is -0.000000116. The molecule has 0 saturated heterocycles. The van der Waals surface area contributed by atoms with Gasteiger partial charge < -0.3 is 14.3 Å². The van der Waals surface area contributed by atoms with Gasteiger partial charge in [-0.1, -0.05) is 114 Å². The summed E-state index contributed by atoms with van der Waals surface area (Å²) in [5.41, 5.74) is -0.123. The average Bonchev–Trinajstić information content (AvgIpc) is 2.73. The number of carbonyl (C=O) groups excluding carboxylic acids is 2. The highest BCUT2D eigenvalue weighted by atomic mass is 16.5. The Labute approximate surface area is 224 Å². The van der Waals surface area contributed by atoms with Crippen molar-refractivity contribution < 1.29 is 19.1 Å². The molecule has 0 bridgehead atoms. The number of ether oxygens (including phenoxy) is 2. The van der Waals surface area contributed by atoms with Crippen LogP contribution in [0.4, 0.5) is 0 Å². The Kier molecular flexibility index (Phi) is 34.5. The fourth-order valence-corrected chi connectivity index (χ4v) is 1.12. The second kappa shape index (κ2) is 28.6. The van der Waals surface area contributed by atoms with Crippen molar-refractivity contribution in [1.82, 2.24) is 0 Å². The molecule has 0 heterocycles. The first-order valence-corrected chi connectivity index (χ1v) is 12.5. The number of rotatable bonds is 8. The van der Waals surface area contributed by atoms with Crippen LogP contribution in [0.2, 0.25) is 0 Å². The first kappa shape index (κ1) is 43.5. The maximum atomic E-state index is 10.5. The summed E-state index contributed by atoms with van der Waals surface area (Å²) in [6.07, 6.45) is 14.9. The molecule has 0 aliphatic heterocycles. The molecule has 0 amide bonds. The Morgan fingerprint density at radius 3 is 1.25 bits per heavy atom. The summed E-state index contributed by atoms with van der Waals surface area (Å²) >= 11 is 0. The van der Waals surface area contributed by atoms with Crippen molar-refractivity contribution in [3.8, 4) is 0 Å². The van der Waals surface area contributed by atoms with Crippen LogP contribution in [0.15, 0.2) is 73.3 Å². The highest BCUT2D eigenvalue weighted by Gasteiger charge is 2.31. The van der Waals surface area contributed by atoms with E-state index in [2.05, 4.69) is 80.2 Å².